The van der Waals surface area contributed by atoms with Gasteiger partial charge < -0.3 is 9.88 Å². The third kappa shape index (κ3) is 2.93. The van der Waals surface area contributed by atoms with E-state index in [1.54, 1.807) is 35.1 Å². The van der Waals surface area contributed by atoms with Crippen molar-refractivity contribution < 1.29 is 4.39 Å². The minimum Gasteiger partial charge on any atom is -0.368 e. The van der Waals surface area contributed by atoms with Crippen molar-refractivity contribution in [3.05, 3.63) is 60.4 Å². The van der Waals surface area contributed by atoms with E-state index in [2.05, 4.69) is 25.6 Å². The summed E-state index contributed by atoms with van der Waals surface area (Å²) in [5.41, 5.74) is 2.06. The Morgan fingerprint density at radius 1 is 1.12 bits per heavy atom. The third-order valence-electron chi connectivity index (χ3n) is 3.98. The molecular formula is C17H16FN7. The number of aromatic nitrogens is 6. The first-order valence-electron chi connectivity index (χ1n) is 7.89. The molecule has 7 nitrogen and oxygen atoms in total. The lowest BCUT2D eigenvalue weighted by Crippen LogP contribution is -2.10. The zero-order chi connectivity index (χ0) is 17.2. The fourth-order valence-electron chi connectivity index (χ4n) is 2.64. The highest BCUT2D eigenvalue weighted by molar-refractivity contribution is 5.60. The molecule has 0 amide bonds. The van der Waals surface area contributed by atoms with E-state index in [1.807, 2.05) is 23.9 Å². The molecule has 8 heteroatoms. The molecule has 0 fully saturated rings. The fourth-order valence-corrected chi connectivity index (χ4v) is 2.64. The van der Waals surface area contributed by atoms with Crippen LogP contribution in [0.25, 0.3) is 17.0 Å². The van der Waals surface area contributed by atoms with E-state index in [4.69, 9.17) is 0 Å². The van der Waals surface area contributed by atoms with Crippen LogP contribution >= 0.6 is 0 Å². The average molecular weight is 337 g/mol. The number of aryl methyl sites for hydroxylation is 1. The van der Waals surface area contributed by atoms with E-state index in [1.165, 1.54) is 6.07 Å². The van der Waals surface area contributed by atoms with Gasteiger partial charge in [-0.25, -0.2) is 9.37 Å². The summed E-state index contributed by atoms with van der Waals surface area (Å²) in [6.07, 6.45) is 4.43. The van der Waals surface area contributed by atoms with Crippen LogP contribution in [-0.2, 0) is 13.5 Å². The first kappa shape index (κ1) is 15.3. The summed E-state index contributed by atoms with van der Waals surface area (Å²) in [6.45, 7) is 0.704. The van der Waals surface area contributed by atoms with Gasteiger partial charge in [0.15, 0.2) is 11.5 Å². The van der Waals surface area contributed by atoms with Gasteiger partial charge in [0.05, 0.1) is 11.9 Å². The van der Waals surface area contributed by atoms with Crippen molar-refractivity contribution in [1.82, 2.24) is 29.4 Å². The molecule has 0 aliphatic rings. The number of fused-ring (bicyclic) bond motifs is 1. The number of anilines is 1. The largest absolute Gasteiger partial charge is 0.368 e. The van der Waals surface area contributed by atoms with Crippen LogP contribution < -0.4 is 5.32 Å². The molecule has 3 heterocycles. The van der Waals surface area contributed by atoms with Crippen molar-refractivity contribution in [2.24, 2.45) is 7.05 Å². The Morgan fingerprint density at radius 3 is 2.80 bits per heavy atom. The maximum absolute atomic E-state index is 14.0. The van der Waals surface area contributed by atoms with Crippen molar-refractivity contribution in [3.8, 4) is 11.4 Å². The van der Waals surface area contributed by atoms with E-state index in [-0.39, 0.29) is 5.82 Å². The Balaban J connectivity index is 1.58. The second-order valence-corrected chi connectivity index (χ2v) is 5.66. The number of hydrogen-bond donors (Lipinski definition) is 1. The highest BCUT2D eigenvalue weighted by Gasteiger charge is 2.13. The number of halogens is 1. The maximum Gasteiger partial charge on any atom is 0.188 e. The Labute approximate surface area is 143 Å². The Hall–Kier alpha value is -3.29. The quantitative estimate of drug-likeness (QED) is 0.605. The number of hydrogen-bond acceptors (Lipinski definition) is 5. The molecule has 1 aromatic carbocycles. The van der Waals surface area contributed by atoms with Crippen molar-refractivity contribution >= 4 is 11.5 Å². The molecule has 0 bridgehead atoms. The van der Waals surface area contributed by atoms with Crippen LogP contribution in [0.1, 0.15) is 5.69 Å². The standard InChI is InChI=1S/C17H16FN7/c1-24-11-19-10-12(24)8-9-20-15-6-7-16-21-22-17(25(16)23-15)13-4-2-3-5-14(13)18/h2-7,10-11H,8-9H2,1H3,(H,20,23). The van der Waals surface area contributed by atoms with E-state index in [0.29, 0.717) is 29.4 Å². The lowest BCUT2D eigenvalue weighted by Gasteiger charge is -2.07. The number of benzene rings is 1. The van der Waals surface area contributed by atoms with Crippen molar-refractivity contribution in [3.63, 3.8) is 0 Å². The maximum atomic E-state index is 14.0. The Bertz CT molecular complexity index is 1020. The van der Waals surface area contributed by atoms with Gasteiger partial charge in [-0.15, -0.1) is 15.3 Å². The van der Waals surface area contributed by atoms with E-state index in [9.17, 15) is 4.39 Å². The van der Waals surface area contributed by atoms with Crippen molar-refractivity contribution in [2.75, 3.05) is 11.9 Å². The molecule has 4 rings (SSSR count). The molecule has 4 aromatic rings. The molecule has 3 aromatic heterocycles. The molecule has 25 heavy (non-hydrogen) atoms. The lowest BCUT2D eigenvalue weighted by molar-refractivity contribution is 0.629. The van der Waals surface area contributed by atoms with Gasteiger partial charge in [0.1, 0.15) is 11.6 Å². The number of rotatable bonds is 5. The fraction of sp³-hybridized carbons (Fsp3) is 0.176. The molecule has 0 spiro atoms. The molecular weight excluding hydrogens is 321 g/mol. The average Bonchev–Trinajstić information content (AvgIpc) is 3.22. The van der Waals surface area contributed by atoms with Crippen LogP contribution in [0.3, 0.4) is 0 Å². The second-order valence-electron chi connectivity index (χ2n) is 5.66. The molecule has 0 aliphatic carbocycles. The molecule has 0 saturated carbocycles. The van der Waals surface area contributed by atoms with Gasteiger partial charge in [-0.3, -0.25) is 0 Å². The summed E-state index contributed by atoms with van der Waals surface area (Å²) >= 11 is 0. The first-order valence-corrected chi connectivity index (χ1v) is 7.89. The molecule has 0 radical (unpaired) electrons. The van der Waals surface area contributed by atoms with Gasteiger partial charge in [0.25, 0.3) is 0 Å². The van der Waals surface area contributed by atoms with Crippen LogP contribution in [0.2, 0.25) is 0 Å². The van der Waals surface area contributed by atoms with Gasteiger partial charge in [-0.1, -0.05) is 12.1 Å². The lowest BCUT2D eigenvalue weighted by atomic mass is 10.2. The Kier molecular flexibility index (Phi) is 3.85. The third-order valence-corrected chi connectivity index (χ3v) is 3.98. The number of nitrogens with one attached hydrogen (secondary N) is 1. The van der Waals surface area contributed by atoms with Crippen LogP contribution in [0.5, 0.6) is 0 Å². The molecule has 0 unspecified atom stereocenters. The van der Waals surface area contributed by atoms with Crippen molar-refractivity contribution in [2.45, 2.75) is 6.42 Å². The van der Waals surface area contributed by atoms with Crippen LogP contribution in [0.15, 0.2) is 48.9 Å². The van der Waals surface area contributed by atoms with Crippen LogP contribution in [0.4, 0.5) is 10.2 Å². The number of imidazole rings is 1. The van der Waals surface area contributed by atoms with E-state index >= 15 is 0 Å². The second kappa shape index (κ2) is 6.31. The number of nitrogens with zero attached hydrogens (tertiary/aromatic N) is 6. The molecule has 1 N–H and O–H groups in total. The summed E-state index contributed by atoms with van der Waals surface area (Å²) in [5.74, 6) is 0.698. The topological polar surface area (TPSA) is 72.9 Å². The summed E-state index contributed by atoms with van der Waals surface area (Å²) in [7, 11) is 1.96. The smallest absolute Gasteiger partial charge is 0.188 e. The zero-order valence-corrected chi connectivity index (χ0v) is 13.6. The van der Waals surface area contributed by atoms with Gasteiger partial charge in [0, 0.05) is 31.9 Å². The van der Waals surface area contributed by atoms with Gasteiger partial charge in [-0.2, -0.15) is 4.52 Å². The summed E-state index contributed by atoms with van der Waals surface area (Å²) in [6, 6.07) is 10.1. The van der Waals surface area contributed by atoms with Crippen LogP contribution in [0, 0.1) is 5.82 Å². The summed E-state index contributed by atoms with van der Waals surface area (Å²) in [5, 5.41) is 15.9. The van der Waals surface area contributed by atoms with Gasteiger partial charge >= 0.3 is 0 Å². The minimum absolute atomic E-state index is 0.354. The first-order chi connectivity index (χ1) is 12.2. The van der Waals surface area contributed by atoms with E-state index < -0.39 is 0 Å². The highest BCUT2D eigenvalue weighted by atomic mass is 19.1. The molecule has 0 saturated heterocycles. The summed E-state index contributed by atoms with van der Waals surface area (Å²) in [4.78, 5) is 4.10. The van der Waals surface area contributed by atoms with Gasteiger partial charge in [-0.05, 0) is 24.3 Å². The Morgan fingerprint density at radius 2 is 2.00 bits per heavy atom. The highest BCUT2D eigenvalue weighted by Crippen LogP contribution is 2.21. The molecule has 126 valence electrons. The van der Waals surface area contributed by atoms with E-state index in [0.717, 1.165) is 12.1 Å². The predicted molar refractivity (Wildman–Crippen MR) is 91.6 cm³/mol. The SMILES string of the molecule is Cn1cncc1CCNc1ccc2nnc(-c3ccccc3F)n2n1. The van der Waals surface area contributed by atoms with Gasteiger partial charge in [0.2, 0.25) is 0 Å². The monoisotopic (exact) mass is 337 g/mol. The van der Waals surface area contributed by atoms with Crippen molar-refractivity contribution in [1.29, 1.82) is 0 Å². The molecule has 0 aliphatic heterocycles. The molecule has 0 atom stereocenters. The minimum atomic E-state index is -0.354. The summed E-state index contributed by atoms with van der Waals surface area (Å²) < 4.78 is 17.6. The zero-order valence-electron chi connectivity index (χ0n) is 13.6. The van der Waals surface area contributed by atoms with Crippen LogP contribution in [-0.4, -0.2) is 35.9 Å². The normalized spacial score (nSPS) is 11.1. The predicted octanol–water partition coefficient (Wildman–Crippen LogP) is 2.32.